The molecule has 0 aliphatic carbocycles. The molecule has 2 saturated heterocycles. The van der Waals surface area contributed by atoms with Crippen LogP contribution in [-0.4, -0.2) is 160 Å². The summed E-state index contributed by atoms with van der Waals surface area (Å²) in [6, 6.07) is 5.42. The van der Waals surface area contributed by atoms with E-state index >= 15 is 0 Å². The Bertz CT molecular complexity index is 3610. The van der Waals surface area contributed by atoms with Crippen LogP contribution in [0.2, 0.25) is 0 Å². The highest BCUT2D eigenvalue weighted by atomic mass is 16.2. The van der Waals surface area contributed by atoms with Gasteiger partial charge in [-0.2, -0.15) is 0 Å². The largest absolute Gasteiger partial charge is 0.364 e. The van der Waals surface area contributed by atoms with E-state index < -0.39 is 59.4 Å². The molecule has 14 N–H and O–H groups in total. The third-order valence-electron chi connectivity index (χ3n) is 14.6. The molecule has 0 saturated carbocycles. The third-order valence-corrected chi connectivity index (χ3v) is 14.6. The van der Waals surface area contributed by atoms with Crippen LogP contribution in [-0.2, 0) is 66.3 Å². The summed E-state index contributed by atoms with van der Waals surface area (Å²) < 4.78 is 9.22. The van der Waals surface area contributed by atoms with Crippen LogP contribution in [0.1, 0.15) is 95.2 Å². The number of likely N-dealkylation sites (tertiary alicyclic amines) is 1. The van der Waals surface area contributed by atoms with E-state index in [-0.39, 0.29) is 109 Å². The minimum Gasteiger partial charge on any atom is -0.364 e. The van der Waals surface area contributed by atoms with Crippen LogP contribution in [0, 0.1) is 5.92 Å². The fourth-order valence-electron chi connectivity index (χ4n) is 9.99. The van der Waals surface area contributed by atoms with Crippen LogP contribution < -0.4 is 64.6 Å². The van der Waals surface area contributed by atoms with E-state index in [0.717, 1.165) is 0 Å². The van der Waals surface area contributed by atoms with Crippen molar-refractivity contribution >= 4 is 93.4 Å². The Morgan fingerprint density at radius 2 is 1.07 bits per heavy atom. The maximum absolute atomic E-state index is 13.7. The average molecular weight is 1190 g/mol. The standard InChI is InChI=1S/C55H70N20O11/c1-69-16-14-58-47(69)54(85)68-35-21-42(73(5)28-35)53(84)60-12-8-44(76)63-31-17-38(62-23-31)50(81)67-34-20-41(72(4)27-34)51(82)59-11-7-37(56)49(80)66-36-22-43(74(6)29-36)55(86)75-15-10-30(24-75)48(79)65-33-19-40(71(3)26-33)52(83)61-13-9-45(77)64-32-18-39(46(57)78)70(2)25-32/h14,16,18-22,25-31,37-38,62H,7-13,15,17,23-24,56H2,1-6H3,(H2,57,78)(H,59,82)(H,60,84)(H,61,83)(H,63,76)(H,64,77)(H,65,79)(H,66,80)(H,67,81)(H,68,85)/t30-,31+,37+,38+/m0/s1. The number of anilines is 5. The van der Waals surface area contributed by atoms with Gasteiger partial charge in [0.15, 0.2) is 5.82 Å². The van der Waals surface area contributed by atoms with Crippen LogP contribution in [0.15, 0.2) is 73.7 Å². The number of aromatic nitrogens is 7. The van der Waals surface area contributed by atoms with Crippen molar-refractivity contribution in [3.05, 3.63) is 108 Å². The number of primary amides is 1. The van der Waals surface area contributed by atoms with Gasteiger partial charge in [0, 0.05) is 144 Å². The number of hydrogen-bond donors (Lipinski definition) is 12. The first-order chi connectivity index (χ1) is 40.9. The van der Waals surface area contributed by atoms with Gasteiger partial charge in [0.2, 0.25) is 29.5 Å². The molecule has 0 aromatic carbocycles. The predicted octanol–water partition coefficient (Wildman–Crippen LogP) is -0.986. The van der Waals surface area contributed by atoms with E-state index in [1.54, 1.807) is 98.1 Å². The number of nitrogens with zero attached hydrogens (tertiary/aromatic N) is 8. The van der Waals surface area contributed by atoms with Crippen molar-refractivity contribution in [2.45, 2.75) is 50.2 Å². The van der Waals surface area contributed by atoms with Crippen molar-refractivity contribution < 1.29 is 52.7 Å². The second kappa shape index (κ2) is 27.0. The number of rotatable bonds is 24. The predicted molar refractivity (Wildman–Crippen MR) is 312 cm³/mol. The van der Waals surface area contributed by atoms with Gasteiger partial charge < -0.3 is 96.9 Å². The van der Waals surface area contributed by atoms with Gasteiger partial charge in [-0.15, -0.1) is 0 Å². The van der Waals surface area contributed by atoms with E-state index in [4.69, 9.17) is 11.5 Å². The molecule has 4 atom stereocenters. The zero-order chi connectivity index (χ0) is 62.1. The van der Waals surface area contributed by atoms with Gasteiger partial charge in [0.25, 0.3) is 35.4 Å². The highest BCUT2D eigenvalue weighted by Crippen LogP contribution is 2.24. The molecule has 2 aliphatic heterocycles. The molecular weight excluding hydrogens is 1120 g/mol. The summed E-state index contributed by atoms with van der Waals surface area (Å²) in [6.45, 7) is 0.814. The Hall–Kier alpha value is -10.3. The van der Waals surface area contributed by atoms with Crippen molar-refractivity contribution in [3.63, 3.8) is 0 Å². The van der Waals surface area contributed by atoms with Gasteiger partial charge in [-0.25, -0.2) is 4.98 Å². The highest BCUT2D eigenvalue weighted by molar-refractivity contribution is 6.04. The molecule has 6 aromatic rings. The summed E-state index contributed by atoms with van der Waals surface area (Å²) in [4.78, 5) is 147. The second-order valence-corrected chi connectivity index (χ2v) is 21.2. The first kappa shape index (κ1) is 61.8. The van der Waals surface area contributed by atoms with Crippen molar-refractivity contribution in [3.8, 4) is 0 Å². The van der Waals surface area contributed by atoms with E-state index in [0.29, 0.717) is 54.4 Å². The molecule has 2 aliphatic rings. The van der Waals surface area contributed by atoms with Gasteiger partial charge in [-0.05, 0) is 49.6 Å². The number of nitrogens with two attached hydrogens (primary N) is 2. The zero-order valence-corrected chi connectivity index (χ0v) is 48.2. The summed E-state index contributed by atoms with van der Waals surface area (Å²) in [5.74, 6) is -5.17. The van der Waals surface area contributed by atoms with Gasteiger partial charge >= 0.3 is 0 Å². The smallest absolute Gasteiger partial charge is 0.291 e. The van der Waals surface area contributed by atoms with Crippen molar-refractivity contribution in [2.75, 3.05) is 65.9 Å². The molecule has 8 rings (SSSR count). The molecule has 0 spiro atoms. The average Bonchev–Trinajstić information content (AvgIpc) is 3.57. The quantitative estimate of drug-likeness (QED) is 0.0347. The molecule has 6 aromatic heterocycles. The first-order valence-corrected chi connectivity index (χ1v) is 27.5. The first-order valence-electron chi connectivity index (χ1n) is 27.5. The summed E-state index contributed by atoms with van der Waals surface area (Å²) in [6.07, 6.45) is 11.6. The van der Waals surface area contributed by atoms with Crippen LogP contribution in [0.3, 0.4) is 0 Å². The minimum absolute atomic E-state index is 0.0120. The van der Waals surface area contributed by atoms with Gasteiger partial charge in [-0.1, -0.05) is 0 Å². The van der Waals surface area contributed by atoms with Crippen molar-refractivity contribution in [1.29, 1.82) is 0 Å². The molecule has 86 heavy (non-hydrogen) atoms. The van der Waals surface area contributed by atoms with Crippen LogP contribution in [0.4, 0.5) is 28.4 Å². The number of imidazole rings is 1. The van der Waals surface area contributed by atoms with Gasteiger partial charge in [0.05, 0.1) is 46.4 Å². The van der Waals surface area contributed by atoms with Crippen LogP contribution >= 0.6 is 0 Å². The van der Waals surface area contributed by atoms with E-state index in [9.17, 15) is 52.7 Å². The summed E-state index contributed by atoms with van der Waals surface area (Å²) in [7, 11) is 9.86. The number of amides is 11. The molecule has 0 unspecified atom stereocenters. The maximum Gasteiger partial charge on any atom is 0.291 e. The van der Waals surface area contributed by atoms with E-state index in [2.05, 4.69) is 58.2 Å². The van der Waals surface area contributed by atoms with Crippen LogP contribution in [0.25, 0.3) is 0 Å². The Morgan fingerprint density at radius 3 is 1.63 bits per heavy atom. The normalized spacial score (nSPS) is 15.8. The SMILES string of the molecule is Cn1cc(NC(=O)CCNC(=O)c2cc(NC(=O)[C@H]3CCN(C(=O)c4cc(NC(=O)[C@H](N)CCNC(=O)c5cc(NC(=O)[C@H]6C[C@@H](NC(=O)CCNC(=O)c7cc(NC(=O)c8nccn8C)cn7C)CN6)cn5C)cn4C)C3)cn2C)cc1C(N)=O. The fourth-order valence-corrected chi connectivity index (χ4v) is 9.99. The summed E-state index contributed by atoms with van der Waals surface area (Å²) in [5, 5.41) is 27.8. The molecule has 0 radical (unpaired) electrons. The fraction of sp³-hybridized carbons (Fsp3) is 0.382. The van der Waals surface area contributed by atoms with E-state index in [1.165, 1.54) is 50.2 Å². The maximum atomic E-state index is 13.7. The Balaban J connectivity index is 0.702. The zero-order valence-electron chi connectivity index (χ0n) is 48.2. The molecule has 11 amide bonds. The molecular formula is C55H70N20O11. The van der Waals surface area contributed by atoms with Crippen molar-refractivity contribution in [2.24, 2.45) is 59.7 Å². The molecule has 31 heteroatoms. The highest BCUT2D eigenvalue weighted by Gasteiger charge is 2.34. The monoisotopic (exact) mass is 1190 g/mol. The Morgan fingerprint density at radius 1 is 0.581 bits per heavy atom. The lowest BCUT2D eigenvalue weighted by Crippen LogP contribution is -2.39. The molecule has 31 nitrogen and oxygen atoms in total. The van der Waals surface area contributed by atoms with Gasteiger partial charge in [0.1, 0.15) is 28.5 Å². The van der Waals surface area contributed by atoms with Gasteiger partial charge in [-0.3, -0.25) is 52.7 Å². The molecule has 2 fully saturated rings. The lowest BCUT2D eigenvalue weighted by Gasteiger charge is -2.16. The van der Waals surface area contributed by atoms with E-state index in [1.807, 2.05) is 0 Å². The second-order valence-electron chi connectivity index (χ2n) is 21.2. The Labute approximate surface area is 492 Å². The van der Waals surface area contributed by atoms with Crippen molar-refractivity contribution in [1.82, 2.24) is 63.9 Å². The number of carbonyl (C=O) groups excluding carboxylic acids is 11. The summed E-state index contributed by atoms with van der Waals surface area (Å²) in [5.41, 5.74) is 14.6. The number of nitrogens with one attached hydrogen (secondary N) is 10. The number of hydrogen-bond acceptors (Lipinski definition) is 14. The third kappa shape index (κ3) is 15.3. The minimum atomic E-state index is -1.05. The Kier molecular flexibility index (Phi) is 19.4. The number of aryl methyl sites for hydroxylation is 6. The topological polar surface area (TPSA) is 406 Å². The molecule has 0 bridgehead atoms. The summed E-state index contributed by atoms with van der Waals surface area (Å²) >= 11 is 0. The van der Waals surface area contributed by atoms with Crippen LogP contribution in [0.5, 0.6) is 0 Å². The lowest BCUT2D eigenvalue weighted by molar-refractivity contribution is -0.122. The lowest BCUT2D eigenvalue weighted by atomic mass is 10.1. The number of carbonyl (C=O) groups is 11. The molecule has 8 heterocycles. The molecule has 456 valence electrons.